The predicted molar refractivity (Wildman–Crippen MR) is 44.6 cm³/mol. The van der Waals surface area contributed by atoms with E-state index >= 15 is 0 Å². The molecule has 0 fully saturated rings. The SMILES string of the molecule is O=C(Cl)/C=C/CCCCCl. The third kappa shape index (κ3) is 7.99. The van der Waals surface area contributed by atoms with Crippen molar-refractivity contribution in [2.75, 3.05) is 5.88 Å². The van der Waals surface area contributed by atoms with Crippen molar-refractivity contribution in [3.05, 3.63) is 12.2 Å². The summed E-state index contributed by atoms with van der Waals surface area (Å²) in [6.45, 7) is 0. The second-order valence-electron chi connectivity index (χ2n) is 1.89. The third-order valence-corrected chi connectivity index (χ3v) is 1.40. The molecule has 3 heteroatoms. The molecule has 0 bridgehead atoms. The van der Waals surface area contributed by atoms with Crippen LogP contribution in [0.25, 0.3) is 0 Å². The lowest BCUT2D eigenvalue weighted by Gasteiger charge is -1.88. The third-order valence-electron chi connectivity index (χ3n) is 1.00. The number of unbranched alkanes of at least 4 members (excludes halogenated alkanes) is 2. The van der Waals surface area contributed by atoms with Crippen molar-refractivity contribution < 1.29 is 4.79 Å². The molecule has 1 nitrogen and oxygen atoms in total. The second kappa shape index (κ2) is 7.10. The van der Waals surface area contributed by atoms with E-state index in [1.165, 1.54) is 6.08 Å². The second-order valence-corrected chi connectivity index (χ2v) is 2.64. The minimum atomic E-state index is -0.411. The Kier molecular flexibility index (Phi) is 7.09. The molecule has 0 saturated heterocycles. The van der Waals surface area contributed by atoms with Crippen molar-refractivity contribution in [3.8, 4) is 0 Å². The Morgan fingerprint density at radius 3 is 2.60 bits per heavy atom. The van der Waals surface area contributed by atoms with Crippen molar-refractivity contribution in [2.24, 2.45) is 0 Å². The number of rotatable bonds is 5. The maximum Gasteiger partial charge on any atom is 0.244 e. The summed E-state index contributed by atoms with van der Waals surface area (Å²) >= 11 is 10.5. The van der Waals surface area contributed by atoms with Crippen LogP contribution in [0.1, 0.15) is 19.3 Å². The van der Waals surface area contributed by atoms with Crippen LogP contribution in [-0.2, 0) is 4.79 Å². The van der Waals surface area contributed by atoms with Gasteiger partial charge in [-0.25, -0.2) is 0 Å². The van der Waals surface area contributed by atoms with Crippen molar-refractivity contribution in [1.29, 1.82) is 0 Å². The summed E-state index contributed by atoms with van der Waals surface area (Å²) in [5.41, 5.74) is 0. The zero-order chi connectivity index (χ0) is 7.82. The molecule has 0 aliphatic carbocycles. The van der Waals surface area contributed by atoms with Gasteiger partial charge in [0.25, 0.3) is 0 Å². The van der Waals surface area contributed by atoms with E-state index in [1.54, 1.807) is 6.08 Å². The number of halogens is 2. The van der Waals surface area contributed by atoms with Crippen LogP contribution in [-0.4, -0.2) is 11.1 Å². The van der Waals surface area contributed by atoms with E-state index in [0.717, 1.165) is 19.3 Å². The van der Waals surface area contributed by atoms with Gasteiger partial charge >= 0.3 is 0 Å². The average molecular weight is 181 g/mol. The topological polar surface area (TPSA) is 17.1 Å². The quantitative estimate of drug-likeness (QED) is 0.276. The van der Waals surface area contributed by atoms with Gasteiger partial charge in [-0.2, -0.15) is 0 Å². The van der Waals surface area contributed by atoms with Crippen LogP contribution in [0.4, 0.5) is 0 Å². The summed E-state index contributed by atoms with van der Waals surface area (Å²) in [5.74, 6) is 0.683. The molecule has 0 N–H and O–H groups in total. The summed E-state index contributed by atoms with van der Waals surface area (Å²) in [4.78, 5) is 10.1. The monoisotopic (exact) mass is 180 g/mol. The molecule has 0 aromatic heterocycles. The Morgan fingerprint density at radius 2 is 2.10 bits per heavy atom. The number of carbonyl (C=O) groups is 1. The van der Waals surface area contributed by atoms with Gasteiger partial charge in [0.05, 0.1) is 0 Å². The molecule has 0 aliphatic rings. The minimum Gasteiger partial charge on any atom is -0.276 e. The molecule has 0 amide bonds. The van der Waals surface area contributed by atoms with Crippen LogP contribution in [0, 0.1) is 0 Å². The van der Waals surface area contributed by atoms with Crippen LogP contribution >= 0.6 is 23.2 Å². The molecule has 0 spiro atoms. The summed E-state index contributed by atoms with van der Waals surface area (Å²) in [6, 6.07) is 0. The zero-order valence-corrected chi connectivity index (χ0v) is 7.16. The van der Waals surface area contributed by atoms with Crippen LogP contribution in [0.5, 0.6) is 0 Å². The molecule has 0 aromatic carbocycles. The Morgan fingerprint density at radius 1 is 1.40 bits per heavy atom. The van der Waals surface area contributed by atoms with Gasteiger partial charge in [0.2, 0.25) is 5.24 Å². The van der Waals surface area contributed by atoms with Crippen LogP contribution in [0.3, 0.4) is 0 Å². The van der Waals surface area contributed by atoms with Gasteiger partial charge in [-0.1, -0.05) is 6.08 Å². The first-order valence-electron chi connectivity index (χ1n) is 3.19. The maximum absolute atomic E-state index is 10.1. The molecule has 0 radical (unpaired) electrons. The van der Waals surface area contributed by atoms with E-state index in [2.05, 4.69) is 0 Å². The smallest absolute Gasteiger partial charge is 0.244 e. The van der Waals surface area contributed by atoms with E-state index in [-0.39, 0.29) is 0 Å². The summed E-state index contributed by atoms with van der Waals surface area (Å²) < 4.78 is 0. The lowest BCUT2D eigenvalue weighted by Crippen LogP contribution is -1.77. The highest BCUT2D eigenvalue weighted by molar-refractivity contribution is 6.66. The van der Waals surface area contributed by atoms with E-state index in [4.69, 9.17) is 23.2 Å². The molecule has 0 aromatic rings. The number of hydrogen-bond donors (Lipinski definition) is 0. The van der Waals surface area contributed by atoms with E-state index < -0.39 is 5.24 Å². The van der Waals surface area contributed by atoms with Crippen molar-refractivity contribution >= 4 is 28.4 Å². The van der Waals surface area contributed by atoms with Gasteiger partial charge < -0.3 is 0 Å². The van der Waals surface area contributed by atoms with Gasteiger partial charge in [-0.3, -0.25) is 4.79 Å². The molecule has 0 unspecified atom stereocenters. The Bertz CT molecular complexity index is 121. The fourth-order valence-electron chi connectivity index (χ4n) is 0.533. The predicted octanol–water partition coefficient (Wildman–Crippen LogP) is 2.72. The lowest BCUT2D eigenvalue weighted by molar-refractivity contribution is -0.107. The van der Waals surface area contributed by atoms with E-state index in [1.807, 2.05) is 0 Å². The highest BCUT2D eigenvalue weighted by Gasteiger charge is 1.85. The number of allylic oxidation sites excluding steroid dienone is 2. The number of carbonyl (C=O) groups excluding carboxylic acids is 1. The van der Waals surface area contributed by atoms with Gasteiger partial charge in [-0.15, -0.1) is 11.6 Å². The summed E-state index contributed by atoms with van der Waals surface area (Å²) in [5, 5.41) is -0.411. The molecule has 0 atom stereocenters. The van der Waals surface area contributed by atoms with Gasteiger partial charge in [0.15, 0.2) is 0 Å². The van der Waals surface area contributed by atoms with Gasteiger partial charge in [-0.05, 0) is 36.9 Å². The van der Waals surface area contributed by atoms with E-state index in [0.29, 0.717) is 5.88 Å². The van der Waals surface area contributed by atoms with Crippen molar-refractivity contribution in [1.82, 2.24) is 0 Å². The largest absolute Gasteiger partial charge is 0.276 e. The maximum atomic E-state index is 10.1. The normalized spacial score (nSPS) is 10.6. The first kappa shape index (κ1) is 9.99. The lowest BCUT2D eigenvalue weighted by atomic mass is 10.2. The first-order chi connectivity index (χ1) is 4.77. The average Bonchev–Trinajstić information content (AvgIpc) is 1.87. The highest BCUT2D eigenvalue weighted by atomic mass is 35.5. The van der Waals surface area contributed by atoms with E-state index in [9.17, 15) is 4.79 Å². The Labute approximate surface area is 71.0 Å². The number of hydrogen-bond acceptors (Lipinski definition) is 1. The van der Waals surface area contributed by atoms with Crippen LogP contribution in [0.2, 0.25) is 0 Å². The summed E-state index contributed by atoms with van der Waals surface area (Å²) in [7, 11) is 0. The standard InChI is InChI=1S/C7H10Cl2O/c8-6-4-2-1-3-5-7(9)10/h3,5H,1-2,4,6H2/b5-3+. The van der Waals surface area contributed by atoms with Crippen LogP contribution < -0.4 is 0 Å². The molecule has 0 aliphatic heterocycles. The molecular formula is C7H10Cl2O. The van der Waals surface area contributed by atoms with Gasteiger partial charge in [0.1, 0.15) is 0 Å². The first-order valence-corrected chi connectivity index (χ1v) is 4.10. The van der Waals surface area contributed by atoms with Crippen LogP contribution in [0.15, 0.2) is 12.2 Å². The summed E-state index contributed by atoms with van der Waals surface area (Å²) in [6.07, 6.45) is 6.02. The molecule has 0 saturated carbocycles. The fraction of sp³-hybridized carbons (Fsp3) is 0.571. The molecule has 10 heavy (non-hydrogen) atoms. The minimum absolute atomic E-state index is 0.411. The number of alkyl halides is 1. The Balaban J connectivity index is 3.10. The molecular weight excluding hydrogens is 171 g/mol. The molecule has 0 rings (SSSR count). The van der Waals surface area contributed by atoms with Gasteiger partial charge in [0, 0.05) is 5.88 Å². The zero-order valence-electron chi connectivity index (χ0n) is 5.65. The highest BCUT2D eigenvalue weighted by Crippen LogP contribution is 1.98. The molecule has 0 heterocycles. The Hall–Kier alpha value is -0.0100. The fourth-order valence-corrected chi connectivity index (χ4v) is 0.811. The van der Waals surface area contributed by atoms with Crippen molar-refractivity contribution in [2.45, 2.75) is 19.3 Å². The molecule has 58 valence electrons. The van der Waals surface area contributed by atoms with Crippen molar-refractivity contribution in [3.63, 3.8) is 0 Å².